The maximum absolute atomic E-state index is 3.34. The monoisotopic (exact) mass is 155 g/mol. The number of rotatable bonds is 5. The summed E-state index contributed by atoms with van der Waals surface area (Å²) in [6, 6.07) is 0.877. The van der Waals surface area contributed by atoms with Crippen LogP contribution in [-0.2, 0) is 0 Å². The van der Waals surface area contributed by atoms with Crippen molar-refractivity contribution in [2.75, 3.05) is 6.54 Å². The van der Waals surface area contributed by atoms with E-state index in [0.29, 0.717) is 5.41 Å². The highest BCUT2D eigenvalue weighted by molar-refractivity contribution is 4.83. The Labute approximate surface area is 70.6 Å². The molecule has 0 saturated carbocycles. The summed E-state index contributed by atoms with van der Waals surface area (Å²) in [6.07, 6.45) is 5.49. The van der Waals surface area contributed by atoms with E-state index in [1.807, 2.05) is 0 Å². The van der Waals surface area contributed by atoms with Crippen molar-refractivity contribution in [3.8, 4) is 0 Å². The second kappa shape index (κ2) is 3.57. The fraction of sp³-hybridized carbons (Fsp3) is 1.00. The Bertz CT molecular complexity index is 114. The van der Waals surface area contributed by atoms with Gasteiger partial charge in [0.05, 0.1) is 0 Å². The van der Waals surface area contributed by atoms with E-state index in [1.54, 1.807) is 0 Å². The molecule has 66 valence electrons. The summed E-state index contributed by atoms with van der Waals surface area (Å²) in [5.41, 5.74) is 0.578. The second-order valence-corrected chi connectivity index (χ2v) is 4.52. The molecule has 0 aromatic carbocycles. The lowest BCUT2D eigenvalue weighted by molar-refractivity contribution is 0.309. The number of hydrogen-bond acceptors (Lipinski definition) is 1. The summed E-state index contributed by atoms with van der Waals surface area (Å²) < 4.78 is 0. The van der Waals surface area contributed by atoms with Crippen molar-refractivity contribution in [1.29, 1.82) is 0 Å². The van der Waals surface area contributed by atoms with Crippen LogP contribution in [0, 0.1) is 5.41 Å². The molecule has 1 nitrogen and oxygen atoms in total. The Morgan fingerprint density at radius 3 is 2.55 bits per heavy atom. The van der Waals surface area contributed by atoms with Gasteiger partial charge in [0, 0.05) is 12.6 Å². The van der Waals surface area contributed by atoms with Gasteiger partial charge in [-0.25, -0.2) is 0 Å². The molecule has 0 amide bonds. The van der Waals surface area contributed by atoms with Crippen LogP contribution in [0.2, 0.25) is 0 Å². The topological polar surface area (TPSA) is 21.9 Å². The normalized spacial score (nSPS) is 23.7. The molecule has 1 rings (SSSR count). The van der Waals surface area contributed by atoms with E-state index in [2.05, 4.69) is 26.1 Å². The first-order valence-corrected chi connectivity index (χ1v) is 4.87. The molecular weight excluding hydrogens is 134 g/mol. The smallest absolute Gasteiger partial charge is 0.0193 e. The Hall–Kier alpha value is -0.0400. The summed E-state index contributed by atoms with van der Waals surface area (Å²) in [5.74, 6) is 0. The van der Waals surface area contributed by atoms with Gasteiger partial charge in [0.25, 0.3) is 0 Å². The molecule has 1 heteroatoms. The molecule has 0 bridgehead atoms. The molecule has 1 N–H and O–H groups in total. The summed E-state index contributed by atoms with van der Waals surface area (Å²) in [4.78, 5) is 0. The van der Waals surface area contributed by atoms with Crippen molar-refractivity contribution in [2.24, 2.45) is 5.41 Å². The van der Waals surface area contributed by atoms with Gasteiger partial charge in [-0.05, 0) is 18.3 Å². The average Bonchev–Trinajstić information content (AvgIpc) is 2.71. The van der Waals surface area contributed by atoms with Gasteiger partial charge in [-0.15, -0.1) is 0 Å². The summed E-state index contributed by atoms with van der Waals surface area (Å²) in [5, 5.41) is 3.34. The lowest BCUT2D eigenvalue weighted by atomic mass is 9.84. The van der Waals surface area contributed by atoms with Crippen molar-refractivity contribution >= 4 is 0 Å². The molecule has 0 radical (unpaired) electrons. The maximum atomic E-state index is 3.34. The van der Waals surface area contributed by atoms with Gasteiger partial charge < -0.3 is 5.32 Å². The third-order valence-electron chi connectivity index (χ3n) is 2.86. The minimum Gasteiger partial charge on any atom is -0.311 e. The van der Waals surface area contributed by atoms with Gasteiger partial charge in [-0.2, -0.15) is 0 Å². The highest BCUT2D eigenvalue weighted by atomic mass is 15.1. The first-order valence-electron chi connectivity index (χ1n) is 4.87. The first kappa shape index (κ1) is 9.05. The van der Waals surface area contributed by atoms with E-state index in [1.165, 1.54) is 32.2 Å². The highest BCUT2D eigenvalue weighted by Crippen LogP contribution is 2.27. The standard InChI is InChI=1S/C10H21N/c1-4-10(2,3)7-5-6-9-8-11-9/h9,11H,4-8H2,1-3H3. The van der Waals surface area contributed by atoms with E-state index < -0.39 is 0 Å². The zero-order valence-electron chi connectivity index (χ0n) is 8.11. The Morgan fingerprint density at radius 1 is 1.45 bits per heavy atom. The Kier molecular flexibility index (Phi) is 2.94. The fourth-order valence-electron chi connectivity index (χ4n) is 1.29. The summed E-state index contributed by atoms with van der Waals surface area (Å²) >= 11 is 0. The Balaban J connectivity index is 1.99. The van der Waals surface area contributed by atoms with Crippen LogP contribution in [0.15, 0.2) is 0 Å². The molecule has 1 aliphatic heterocycles. The molecular formula is C10H21N. The van der Waals surface area contributed by atoms with Gasteiger partial charge in [-0.3, -0.25) is 0 Å². The molecule has 0 aromatic rings. The minimum atomic E-state index is 0.578. The molecule has 1 heterocycles. The highest BCUT2D eigenvalue weighted by Gasteiger charge is 2.21. The van der Waals surface area contributed by atoms with Crippen LogP contribution < -0.4 is 5.32 Å². The molecule has 1 unspecified atom stereocenters. The van der Waals surface area contributed by atoms with Crippen LogP contribution in [0.3, 0.4) is 0 Å². The SMILES string of the molecule is CCC(C)(C)CCCC1CN1. The van der Waals surface area contributed by atoms with E-state index >= 15 is 0 Å². The maximum Gasteiger partial charge on any atom is 0.0193 e. The quantitative estimate of drug-likeness (QED) is 0.605. The lowest BCUT2D eigenvalue weighted by Gasteiger charge is -2.21. The number of hydrogen-bond donors (Lipinski definition) is 1. The molecule has 0 aliphatic carbocycles. The van der Waals surface area contributed by atoms with Crippen LogP contribution in [0.4, 0.5) is 0 Å². The minimum absolute atomic E-state index is 0.578. The van der Waals surface area contributed by atoms with E-state index in [0.717, 1.165) is 6.04 Å². The second-order valence-electron chi connectivity index (χ2n) is 4.52. The molecule has 1 fully saturated rings. The predicted molar refractivity (Wildman–Crippen MR) is 49.7 cm³/mol. The van der Waals surface area contributed by atoms with Crippen LogP contribution in [0.1, 0.15) is 46.5 Å². The van der Waals surface area contributed by atoms with E-state index in [4.69, 9.17) is 0 Å². The Morgan fingerprint density at radius 2 is 2.09 bits per heavy atom. The third-order valence-corrected chi connectivity index (χ3v) is 2.86. The fourth-order valence-corrected chi connectivity index (χ4v) is 1.29. The molecule has 1 aliphatic rings. The van der Waals surface area contributed by atoms with Crippen molar-refractivity contribution in [3.05, 3.63) is 0 Å². The van der Waals surface area contributed by atoms with Crippen LogP contribution in [0.25, 0.3) is 0 Å². The van der Waals surface area contributed by atoms with Crippen LogP contribution in [0.5, 0.6) is 0 Å². The molecule has 11 heavy (non-hydrogen) atoms. The van der Waals surface area contributed by atoms with Gasteiger partial charge in [0.15, 0.2) is 0 Å². The van der Waals surface area contributed by atoms with E-state index in [9.17, 15) is 0 Å². The van der Waals surface area contributed by atoms with Gasteiger partial charge in [0.1, 0.15) is 0 Å². The molecule has 0 aromatic heterocycles. The first-order chi connectivity index (χ1) is 5.14. The van der Waals surface area contributed by atoms with Gasteiger partial charge in [0.2, 0.25) is 0 Å². The average molecular weight is 155 g/mol. The number of nitrogens with one attached hydrogen (secondary N) is 1. The zero-order chi connectivity index (χ0) is 8.32. The van der Waals surface area contributed by atoms with Gasteiger partial charge in [-0.1, -0.05) is 33.6 Å². The van der Waals surface area contributed by atoms with Gasteiger partial charge >= 0.3 is 0 Å². The van der Waals surface area contributed by atoms with Crippen molar-refractivity contribution in [1.82, 2.24) is 5.32 Å². The summed E-state index contributed by atoms with van der Waals surface area (Å²) in [6.45, 7) is 8.29. The third kappa shape index (κ3) is 3.76. The van der Waals surface area contributed by atoms with Crippen molar-refractivity contribution in [2.45, 2.75) is 52.5 Å². The molecule has 0 spiro atoms. The molecule has 1 saturated heterocycles. The largest absolute Gasteiger partial charge is 0.311 e. The van der Waals surface area contributed by atoms with Crippen molar-refractivity contribution < 1.29 is 0 Å². The molecule has 1 atom stereocenters. The lowest BCUT2D eigenvalue weighted by Crippen LogP contribution is -2.09. The van der Waals surface area contributed by atoms with Crippen molar-refractivity contribution in [3.63, 3.8) is 0 Å². The summed E-state index contributed by atoms with van der Waals surface area (Å²) in [7, 11) is 0. The van der Waals surface area contributed by atoms with Crippen LogP contribution in [-0.4, -0.2) is 12.6 Å². The van der Waals surface area contributed by atoms with E-state index in [-0.39, 0.29) is 0 Å². The zero-order valence-corrected chi connectivity index (χ0v) is 8.11. The van der Waals surface area contributed by atoms with Crippen LogP contribution >= 0.6 is 0 Å². The predicted octanol–water partition coefficient (Wildman–Crippen LogP) is 2.56.